The number of aryl methyl sites for hydroxylation is 1. The average Bonchev–Trinajstić information content (AvgIpc) is 2.83. The molecule has 4 nitrogen and oxygen atoms in total. The third kappa shape index (κ3) is 3.27. The maximum absolute atomic E-state index is 6.19. The van der Waals surface area contributed by atoms with E-state index in [1.165, 1.54) is 11.1 Å². The molecule has 2 N–H and O–H groups in total. The number of imidazole rings is 1. The summed E-state index contributed by atoms with van der Waals surface area (Å²) >= 11 is 0. The van der Waals surface area contributed by atoms with Gasteiger partial charge in [-0.05, 0) is 51.6 Å². The summed E-state index contributed by atoms with van der Waals surface area (Å²) in [5.41, 5.74) is 9.80. The highest BCUT2D eigenvalue weighted by molar-refractivity contribution is 5.77. The van der Waals surface area contributed by atoms with E-state index in [-0.39, 0.29) is 12.1 Å². The molecule has 2 aromatic rings. The van der Waals surface area contributed by atoms with Gasteiger partial charge in [-0.3, -0.25) is 4.90 Å². The Labute approximate surface area is 128 Å². The minimum absolute atomic E-state index is 0.168. The number of fused-ring (bicyclic) bond motifs is 1. The molecule has 1 heterocycles. The third-order valence-corrected chi connectivity index (χ3v) is 4.34. The Morgan fingerprint density at radius 1 is 1.29 bits per heavy atom. The number of hydrogen-bond acceptors (Lipinski definition) is 3. The predicted octanol–water partition coefficient (Wildman–Crippen LogP) is 2.96. The van der Waals surface area contributed by atoms with Gasteiger partial charge in [-0.15, -0.1) is 0 Å². The lowest BCUT2D eigenvalue weighted by molar-refractivity contribution is 0.299. The Balaban J connectivity index is 2.55. The van der Waals surface area contributed by atoms with Gasteiger partial charge in [-0.25, -0.2) is 4.98 Å². The van der Waals surface area contributed by atoms with Crippen molar-refractivity contribution in [1.82, 2.24) is 14.5 Å². The molecule has 1 aromatic carbocycles. The van der Waals surface area contributed by atoms with Crippen LogP contribution in [0.25, 0.3) is 11.0 Å². The minimum Gasteiger partial charge on any atom is -0.326 e. The van der Waals surface area contributed by atoms with Gasteiger partial charge in [0.25, 0.3) is 0 Å². The zero-order valence-corrected chi connectivity index (χ0v) is 13.9. The molecule has 0 bridgehead atoms. The molecule has 0 saturated carbocycles. The molecule has 0 saturated heterocycles. The lowest BCUT2D eigenvalue weighted by Gasteiger charge is -2.22. The number of rotatable bonds is 6. The molecular formula is C17H28N4. The SMILES string of the molecule is CCc1ccc2c(c1)nc(C(C)N(C)C)n2CC(N)CC. The summed E-state index contributed by atoms with van der Waals surface area (Å²) < 4.78 is 2.30. The first kappa shape index (κ1) is 16.0. The van der Waals surface area contributed by atoms with Crippen LogP contribution in [0.2, 0.25) is 0 Å². The molecule has 2 rings (SSSR count). The van der Waals surface area contributed by atoms with E-state index >= 15 is 0 Å². The van der Waals surface area contributed by atoms with E-state index in [4.69, 9.17) is 10.7 Å². The van der Waals surface area contributed by atoms with E-state index < -0.39 is 0 Å². The second-order valence-corrected chi connectivity index (χ2v) is 6.07. The van der Waals surface area contributed by atoms with Gasteiger partial charge in [-0.2, -0.15) is 0 Å². The van der Waals surface area contributed by atoms with Crippen LogP contribution in [0.4, 0.5) is 0 Å². The Bertz CT molecular complexity index is 600. The van der Waals surface area contributed by atoms with Crippen molar-refractivity contribution in [2.45, 2.75) is 52.2 Å². The van der Waals surface area contributed by atoms with Crippen LogP contribution >= 0.6 is 0 Å². The first-order valence-corrected chi connectivity index (χ1v) is 7.88. The predicted molar refractivity (Wildman–Crippen MR) is 89.5 cm³/mol. The summed E-state index contributed by atoms with van der Waals surface area (Å²) in [6, 6.07) is 7.03. The molecule has 0 aliphatic carbocycles. The van der Waals surface area contributed by atoms with Crippen molar-refractivity contribution < 1.29 is 0 Å². The Morgan fingerprint density at radius 3 is 2.57 bits per heavy atom. The van der Waals surface area contributed by atoms with Gasteiger partial charge in [0.1, 0.15) is 5.82 Å². The third-order valence-electron chi connectivity index (χ3n) is 4.34. The van der Waals surface area contributed by atoms with Crippen molar-refractivity contribution in [3.63, 3.8) is 0 Å². The fraction of sp³-hybridized carbons (Fsp3) is 0.588. The normalized spacial score (nSPS) is 14.8. The lowest BCUT2D eigenvalue weighted by atomic mass is 10.1. The van der Waals surface area contributed by atoms with Crippen molar-refractivity contribution in [3.05, 3.63) is 29.6 Å². The highest BCUT2D eigenvalue weighted by Crippen LogP contribution is 2.25. The molecule has 2 atom stereocenters. The van der Waals surface area contributed by atoms with E-state index in [9.17, 15) is 0 Å². The van der Waals surface area contributed by atoms with E-state index in [1.54, 1.807) is 0 Å². The van der Waals surface area contributed by atoms with Gasteiger partial charge >= 0.3 is 0 Å². The number of nitrogens with two attached hydrogens (primary N) is 1. The molecule has 0 aliphatic rings. The van der Waals surface area contributed by atoms with Crippen molar-refractivity contribution in [3.8, 4) is 0 Å². The van der Waals surface area contributed by atoms with Gasteiger partial charge in [-0.1, -0.05) is 19.9 Å². The molecule has 0 amide bonds. The van der Waals surface area contributed by atoms with Crippen molar-refractivity contribution in [2.24, 2.45) is 5.73 Å². The van der Waals surface area contributed by atoms with Gasteiger partial charge in [0, 0.05) is 12.6 Å². The second kappa shape index (κ2) is 6.58. The van der Waals surface area contributed by atoms with Crippen LogP contribution in [-0.4, -0.2) is 34.6 Å². The molecule has 0 aliphatic heterocycles. The molecule has 0 radical (unpaired) electrons. The first-order valence-electron chi connectivity index (χ1n) is 7.88. The van der Waals surface area contributed by atoms with Crippen molar-refractivity contribution in [1.29, 1.82) is 0 Å². The van der Waals surface area contributed by atoms with Gasteiger partial charge in [0.2, 0.25) is 0 Å². The van der Waals surface area contributed by atoms with Crippen molar-refractivity contribution >= 4 is 11.0 Å². The molecular weight excluding hydrogens is 260 g/mol. The minimum atomic E-state index is 0.168. The van der Waals surface area contributed by atoms with Crippen LogP contribution in [-0.2, 0) is 13.0 Å². The molecule has 116 valence electrons. The van der Waals surface area contributed by atoms with Gasteiger partial charge in [0.15, 0.2) is 0 Å². The largest absolute Gasteiger partial charge is 0.326 e. The highest BCUT2D eigenvalue weighted by atomic mass is 15.2. The fourth-order valence-corrected chi connectivity index (χ4v) is 2.52. The van der Waals surface area contributed by atoms with Crippen molar-refractivity contribution in [2.75, 3.05) is 14.1 Å². The smallest absolute Gasteiger partial charge is 0.127 e. The lowest BCUT2D eigenvalue weighted by Crippen LogP contribution is -2.28. The fourth-order valence-electron chi connectivity index (χ4n) is 2.52. The standard InChI is InChI=1S/C17H28N4/c1-6-13-8-9-16-15(10-13)19-17(12(3)20(4)5)21(16)11-14(18)7-2/h8-10,12,14H,6-7,11,18H2,1-5H3. The Morgan fingerprint density at radius 2 is 2.00 bits per heavy atom. The van der Waals surface area contributed by atoms with Gasteiger partial charge < -0.3 is 10.3 Å². The van der Waals surface area contributed by atoms with Gasteiger partial charge in [0.05, 0.1) is 17.1 Å². The average molecular weight is 288 g/mol. The Kier molecular flexibility index (Phi) is 5.01. The quantitative estimate of drug-likeness (QED) is 0.889. The number of hydrogen-bond donors (Lipinski definition) is 1. The zero-order valence-electron chi connectivity index (χ0n) is 13.9. The summed E-state index contributed by atoms with van der Waals surface area (Å²) in [6.07, 6.45) is 2.01. The van der Waals surface area contributed by atoms with E-state index in [0.717, 1.165) is 30.7 Å². The zero-order chi connectivity index (χ0) is 15.6. The number of nitrogens with zero attached hydrogens (tertiary/aromatic N) is 3. The van der Waals surface area contributed by atoms with E-state index in [0.29, 0.717) is 0 Å². The van der Waals surface area contributed by atoms with Crippen LogP contribution < -0.4 is 5.73 Å². The van der Waals surface area contributed by atoms with Crippen LogP contribution in [0, 0.1) is 0 Å². The maximum Gasteiger partial charge on any atom is 0.127 e. The molecule has 2 unspecified atom stereocenters. The molecule has 1 aromatic heterocycles. The summed E-state index contributed by atoms with van der Waals surface area (Å²) in [4.78, 5) is 7.09. The molecule has 0 spiro atoms. The monoisotopic (exact) mass is 288 g/mol. The molecule has 4 heteroatoms. The molecule has 21 heavy (non-hydrogen) atoms. The topological polar surface area (TPSA) is 47.1 Å². The summed E-state index contributed by atoms with van der Waals surface area (Å²) in [5.74, 6) is 1.10. The van der Waals surface area contributed by atoms with Crippen LogP contribution in [0.15, 0.2) is 18.2 Å². The second-order valence-electron chi connectivity index (χ2n) is 6.07. The molecule has 0 fully saturated rings. The summed E-state index contributed by atoms with van der Waals surface area (Å²) in [6.45, 7) is 7.32. The van der Waals surface area contributed by atoms with Crippen LogP contribution in [0.3, 0.4) is 0 Å². The van der Waals surface area contributed by atoms with Crippen LogP contribution in [0.5, 0.6) is 0 Å². The number of benzene rings is 1. The summed E-state index contributed by atoms with van der Waals surface area (Å²) in [7, 11) is 4.18. The van der Waals surface area contributed by atoms with Crippen LogP contribution in [0.1, 0.15) is 44.6 Å². The first-order chi connectivity index (χ1) is 9.97. The van der Waals surface area contributed by atoms with E-state index in [2.05, 4.69) is 62.5 Å². The number of aromatic nitrogens is 2. The highest BCUT2D eigenvalue weighted by Gasteiger charge is 2.19. The summed E-state index contributed by atoms with van der Waals surface area (Å²) in [5, 5.41) is 0. The van der Waals surface area contributed by atoms with E-state index in [1.807, 2.05) is 0 Å². The maximum atomic E-state index is 6.19. The Hall–Kier alpha value is -1.39.